The van der Waals surface area contributed by atoms with E-state index in [1.54, 1.807) is 17.0 Å². The number of carbonyl (C=O) groups is 2. The molecular weight excluding hydrogens is 332 g/mol. The normalized spacial score (nSPS) is 16.2. The van der Waals surface area contributed by atoms with Gasteiger partial charge in [-0.2, -0.15) is 0 Å². The fourth-order valence-corrected chi connectivity index (χ4v) is 3.50. The van der Waals surface area contributed by atoms with Crippen molar-refractivity contribution in [1.82, 2.24) is 9.88 Å². The van der Waals surface area contributed by atoms with Crippen molar-refractivity contribution in [3.8, 4) is 5.88 Å². The maximum atomic E-state index is 12.9. The molecule has 0 aliphatic carbocycles. The number of benzene rings is 1. The zero-order valence-corrected chi connectivity index (χ0v) is 14.9. The van der Waals surface area contributed by atoms with E-state index in [1.807, 2.05) is 37.3 Å². The predicted octanol–water partition coefficient (Wildman–Crippen LogP) is 2.66. The summed E-state index contributed by atoms with van der Waals surface area (Å²) < 4.78 is 5.23. The second kappa shape index (κ2) is 7.15. The molecule has 1 aromatic carbocycles. The molecule has 1 saturated heterocycles. The molecule has 0 unspecified atom stereocenters. The summed E-state index contributed by atoms with van der Waals surface area (Å²) in [5, 5.41) is 9.86. The largest absolute Gasteiger partial charge is 0.481 e. The summed E-state index contributed by atoms with van der Waals surface area (Å²) in [6.07, 6.45) is 0.749. The fraction of sp³-hybridized carbons (Fsp3) is 0.350. The Hall–Kier alpha value is -2.89. The summed E-state index contributed by atoms with van der Waals surface area (Å²) in [6.45, 7) is 2.58. The second-order valence-corrected chi connectivity index (χ2v) is 6.55. The topological polar surface area (TPSA) is 79.7 Å². The Morgan fingerprint density at radius 3 is 2.35 bits per heavy atom. The standard InChI is InChI=1S/C20H22N2O4/c1-14-8-9-16(17(21-14)26-2)18(23)22-12-10-20(11-13-22,19(24)25)15-6-4-3-5-7-15/h3-9H,10-13H2,1-2H3,(H,24,25). The van der Waals surface area contributed by atoms with Gasteiger partial charge in [0.25, 0.3) is 5.91 Å². The number of carboxylic acids is 1. The van der Waals surface area contributed by atoms with Gasteiger partial charge in [-0.05, 0) is 37.5 Å². The molecule has 0 bridgehead atoms. The van der Waals surface area contributed by atoms with E-state index in [0.717, 1.165) is 11.3 Å². The quantitative estimate of drug-likeness (QED) is 0.913. The second-order valence-electron chi connectivity index (χ2n) is 6.55. The number of hydrogen-bond acceptors (Lipinski definition) is 4. The highest BCUT2D eigenvalue weighted by Gasteiger charge is 2.44. The Balaban J connectivity index is 1.81. The molecule has 6 nitrogen and oxygen atoms in total. The van der Waals surface area contributed by atoms with Gasteiger partial charge in [-0.3, -0.25) is 9.59 Å². The first-order valence-electron chi connectivity index (χ1n) is 8.58. The molecule has 0 saturated carbocycles. The average Bonchev–Trinajstić information content (AvgIpc) is 2.68. The summed E-state index contributed by atoms with van der Waals surface area (Å²) in [6, 6.07) is 12.7. The van der Waals surface area contributed by atoms with Crippen LogP contribution in [0.3, 0.4) is 0 Å². The lowest BCUT2D eigenvalue weighted by molar-refractivity contribution is -0.145. The number of aryl methyl sites for hydroxylation is 1. The van der Waals surface area contributed by atoms with Crippen molar-refractivity contribution < 1.29 is 19.4 Å². The zero-order chi connectivity index (χ0) is 18.7. The van der Waals surface area contributed by atoms with Crippen LogP contribution in [0.15, 0.2) is 42.5 Å². The summed E-state index contributed by atoms with van der Waals surface area (Å²) in [4.78, 5) is 30.8. The molecule has 6 heteroatoms. The summed E-state index contributed by atoms with van der Waals surface area (Å²) >= 11 is 0. The fourth-order valence-electron chi connectivity index (χ4n) is 3.50. The number of carbonyl (C=O) groups excluding carboxylic acids is 1. The third-order valence-electron chi connectivity index (χ3n) is 5.06. The minimum atomic E-state index is -0.951. The molecule has 1 aliphatic rings. The molecule has 3 rings (SSSR count). The van der Waals surface area contributed by atoms with Crippen LogP contribution in [-0.2, 0) is 10.2 Å². The number of rotatable bonds is 4. The van der Waals surface area contributed by atoms with Gasteiger partial charge in [0.1, 0.15) is 5.56 Å². The number of piperidine rings is 1. The van der Waals surface area contributed by atoms with Crippen molar-refractivity contribution in [3.05, 3.63) is 59.3 Å². The monoisotopic (exact) mass is 354 g/mol. The highest BCUT2D eigenvalue weighted by Crippen LogP contribution is 2.36. The van der Waals surface area contributed by atoms with E-state index in [9.17, 15) is 14.7 Å². The number of aliphatic carboxylic acids is 1. The molecule has 1 fully saturated rings. The molecule has 1 aliphatic heterocycles. The van der Waals surface area contributed by atoms with E-state index < -0.39 is 11.4 Å². The molecule has 26 heavy (non-hydrogen) atoms. The predicted molar refractivity (Wildman–Crippen MR) is 96.4 cm³/mol. The van der Waals surface area contributed by atoms with E-state index >= 15 is 0 Å². The van der Waals surface area contributed by atoms with E-state index in [2.05, 4.69) is 4.98 Å². The average molecular weight is 354 g/mol. The van der Waals surface area contributed by atoms with Gasteiger partial charge < -0.3 is 14.7 Å². The van der Waals surface area contributed by atoms with Crippen molar-refractivity contribution in [2.75, 3.05) is 20.2 Å². The highest BCUT2D eigenvalue weighted by molar-refractivity contribution is 5.96. The number of carboxylic acid groups (broad SMARTS) is 1. The van der Waals surface area contributed by atoms with Gasteiger partial charge in [0.15, 0.2) is 0 Å². The van der Waals surface area contributed by atoms with Gasteiger partial charge >= 0.3 is 5.97 Å². The molecule has 1 aromatic heterocycles. The molecule has 0 atom stereocenters. The Morgan fingerprint density at radius 1 is 1.12 bits per heavy atom. The SMILES string of the molecule is COc1nc(C)ccc1C(=O)N1CCC(C(=O)O)(c2ccccc2)CC1. The molecule has 0 radical (unpaired) electrons. The van der Waals surface area contributed by atoms with Gasteiger partial charge in [0, 0.05) is 18.8 Å². The number of amides is 1. The van der Waals surface area contributed by atoms with Crippen LogP contribution in [0.4, 0.5) is 0 Å². The van der Waals surface area contributed by atoms with Crippen molar-refractivity contribution in [2.45, 2.75) is 25.2 Å². The van der Waals surface area contributed by atoms with E-state index in [1.165, 1.54) is 7.11 Å². The molecule has 0 spiro atoms. The number of likely N-dealkylation sites (tertiary alicyclic amines) is 1. The molecule has 1 amide bonds. The lowest BCUT2D eigenvalue weighted by Crippen LogP contribution is -2.49. The van der Waals surface area contributed by atoms with Crippen LogP contribution in [0.25, 0.3) is 0 Å². The van der Waals surface area contributed by atoms with Crippen LogP contribution in [0.5, 0.6) is 5.88 Å². The van der Waals surface area contributed by atoms with Gasteiger partial charge in [0.05, 0.1) is 12.5 Å². The van der Waals surface area contributed by atoms with E-state index in [4.69, 9.17) is 4.74 Å². The minimum absolute atomic E-state index is 0.179. The van der Waals surface area contributed by atoms with Crippen LogP contribution in [0, 0.1) is 6.92 Å². The Bertz CT molecular complexity index is 812. The van der Waals surface area contributed by atoms with Crippen molar-refractivity contribution in [3.63, 3.8) is 0 Å². The Labute approximate surface area is 152 Å². The van der Waals surface area contributed by atoms with Gasteiger partial charge in [-0.1, -0.05) is 30.3 Å². The summed E-state index contributed by atoms with van der Waals surface area (Å²) in [5.41, 5.74) is 1.01. The van der Waals surface area contributed by atoms with Gasteiger partial charge in [0.2, 0.25) is 5.88 Å². The first kappa shape index (κ1) is 17.9. The molecule has 2 aromatic rings. The van der Waals surface area contributed by atoms with Crippen LogP contribution >= 0.6 is 0 Å². The van der Waals surface area contributed by atoms with Crippen LogP contribution < -0.4 is 4.74 Å². The van der Waals surface area contributed by atoms with Gasteiger partial charge in [-0.25, -0.2) is 4.98 Å². The zero-order valence-electron chi connectivity index (χ0n) is 14.9. The van der Waals surface area contributed by atoms with Crippen molar-refractivity contribution in [2.24, 2.45) is 0 Å². The maximum Gasteiger partial charge on any atom is 0.314 e. The maximum absolute atomic E-state index is 12.9. The third kappa shape index (κ3) is 3.14. The molecule has 2 heterocycles. The number of methoxy groups -OCH3 is 1. The number of pyridine rings is 1. The van der Waals surface area contributed by atoms with Crippen molar-refractivity contribution in [1.29, 1.82) is 0 Å². The van der Waals surface area contributed by atoms with Crippen LogP contribution in [0.2, 0.25) is 0 Å². The third-order valence-corrected chi connectivity index (χ3v) is 5.06. The number of nitrogens with zero attached hydrogens (tertiary/aromatic N) is 2. The lowest BCUT2D eigenvalue weighted by atomic mass is 9.73. The first-order chi connectivity index (χ1) is 12.5. The Morgan fingerprint density at radius 2 is 1.77 bits per heavy atom. The summed E-state index contributed by atoms with van der Waals surface area (Å²) in [5.74, 6) is -0.722. The Kier molecular flexibility index (Phi) is 4.93. The molecular formula is C20H22N2O4. The van der Waals surface area contributed by atoms with E-state index in [-0.39, 0.29) is 5.91 Å². The van der Waals surface area contributed by atoms with Crippen molar-refractivity contribution >= 4 is 11.9 Å². The van der Waals surface area contributed by atoms with Crippen LogP contribution in [-0.4, -0.2) is 47.1 Å². The smallest absolute Gasteiger partial charge is 0.314 e. The molecule has 136 valence electrons. The number of aromatic nitrogens is 1. The number of ether oxygens (including phenoxy) is 1. The lowest BCUT2D eigenvalue weighted by Gasteiger charge is -2.39. The van der Waals surface area contributed by atoms with Gasteiger partial charge in [-0.15, -0.1) is 0 Å². The summed E-state index contributed by atoms with van der Waals surface area (Å²) in [7, 11) is 1.49. The number of hydrogen-bond donors (Lipinski definition) is 1. The van der Waals surface area contributed by atoms with Crippen LogP contribution in [0.1, 0.15) is 34.5 Å². The first-order valence-corrected chi connectivity index (χ1v) is 8.58. The highest BCUT2D eigenvalue weighted by atomic mass is 16.5. The molecule has 1 N–H and O–H groups in total. The van der Waals surface area contributed by atoms with E-state index in [0.29, 0.717) is 37.4 Å². The minimum Gasteiger partial charge on any atom is -0.481 e.